The average Bonchev–Trinajstić information content (AvgIpc) is 3.64. The lowest BCUT2D eigenvalue weighted by Gasteiger charge is -2.23. The van der Waals surface area contributed by atoms with Gasteiger partial charge in [0.2, 0.25) is 5.13 Å². The summed E-state index contributed by atoms with van der Waals surface area (Å²) in [6, 6.07) is 25.3. The summed E-state index contributed by atoms with van der Waals surface area (Å²) >= 11 is 2.73. The van der Waals surface area contributed by atoms with Gasteiger partial charge in [0.15, 0.2) is 15.8 Å². The topological polar surface area (TPSA) is 111 Å². The summed E-state index contributed by atoms with van der Waals surface area (Å²) in [5.74, 6) is 0.319. The number of methoxy groups -OCH3 is 1. The summed E-state index contributed by atoms with van der Waals surface area (Å²) in [5.41, 5.74) is 2.03. The average molecular weight is 624 g/mol. The number of fused-ring (bicyclic) bond motifs is 2. The highest BCUT2D eigenvalue weighted by molar-refractivity contribution is 8.00. The number of benzene rings is 4. The van der Waals surface area contributed by atoms with Crippen LogP contribution in [-0.2, 0) is 15.3 Å². The van der Waals surface area contributed by atoms with Crippen molar-refractivity contribution in [3.63, 3.8) is 0 Å². The molecule has 0 radical (unpaired) electrons. The van der Waals surface area contributed by atoms with Gasteiger partial charge in [-0.05, 0) is 52.2 Å². The van der Waals surface area contributed by atoms with E-state index in [1.54, 1.807) is 49.6 Å². The van der Waals surface area contributed by atoms with Gasteiger partial charge in [0.1, 0.15) is 24.7 Å². The zero-order valence-corrected chi connectivity index (χ0v) is 25.1. The molecule has 1 aromatic heterocycles. The normalized spacial score (nSPS) is 17.3. The van der Waals surface area contributed by atoms with Crippen molar-refractivity contribution in [2.45, 2.75) is 16.1 Å². The van der Waals surface area contributed by atoms with Crippen LogP contribution in [0, 0.1) is 0 Å². The van der Waals surface area contributed by atoms with Crippen LogP contribution in [0.2, 0.25) is 0 Å². The molecule has 3 heterocycles. The van der Waals surface area contributed by atoms with Crippen molar-refractivity contribution in [3.05, 3.63) is 107 Å². The summed E-state index contributed by atoms with van der Waals surface area (Å²) in [6.45, 7) is 0.788. The van der Waals surface area contributed by atoms with Crippen molar-refractivity contribution in [2.75, 3.05) is 25.2 Å². The second kappa shape index (κ2) is 11.7. The highest BCUT2D eigenvalue weighted by Crippen LogP contribution is 2.45. The van der Waals surface area contributed by atoms with E-state index in [-0.39, 0.29) is 16.5 Å². The maximum absolute atomic E-state index is 13.6. The molecule has 2 aliphatic rings. The van der Waals surface area contributed by atoms with E-state index in [0.717, 1.165) is 16.3 Å². The number of carbonyl (C=O) groups excluding carboxylic acids is 2. The standard InChI is InChI=1S/C33H25N3O6S2/c1-40-23-12-9-20(10-13-23)28-27(29(37)21-11-14-25-26(17-21)42-16-15-41-25)30(38)31(39)36(28)32-34-35-33(44-32)43-18-22-7-4-6-19-5-2-3-8-24(19)22/h2-14,17,28,37H,15-16,18H2,1H3/b29-27-. The monoisotopic (exact) mass is 623 g/mol. The fraction of sp³-hybridized carbons (Fsp3) is 0.152. The quantitative estimate of drug-likeness (QED) is 0.0725. The maximum Gasteiger partial charge on any atom is 0.301 e. The number of ketones is 1. The number of nitrogens with zero attached hydrogens (tertiary/aromatic N) is 3. The number of carbonyl (C=O) groups is 2. The number of aromatic nitrogens is 2. The van der Waals surface area contributed by atoms with Crippen LogP contribution in [0.3, 0.4) is 0 Å². The molecule has 1 amide bonds. The molecule has 0 aliphatic carbocycles. The van der Waals surface area contributed by atoms with Crippen LogP contribution >= 0.6 is 23.1 Å². The third-order valence-electron chi connectivity index (χ3n) is 7.52. The molecule has 11 heteroatoms. The Balaban J connectivity index is 1.25. The predicted octanol–water partition coefficient (Wildman–Crippen LogP) is 6.39. The van der Waals surface area contributed by atoms with Crippen LogP contribution in [0.15, 0.2) is 94.8 Å². The number of thioether (sulfide) groups is 1. The maximum atomic E-state index is 13.6. The molecule has 220 valence electrons. The predicted molar refractivity (Wildman–Crippen MR) is 169 cm³/mol. The Kier molecular flexibility index (Phi) is 7.41. The molecule has 1 unspecified atom stereocenters. The summed E-state index contributed by atoms with van der Waals surface area (Å²) in [7, 11) is 1.56. The van der Waals surface area contributed by atoms with Gasteiger partial charge >= 0.3 is 5.91 Å². The minimum Gasteiger partial charge on any atom is -0.507 e. The van der Waals surface area contributed by atoms with Crippen LogP contribution in [0.4, 0.5) is 5.13 Å². The fourth-order valence-corrected chi connectivity index (χ4v) is 7.27. The fourth-order valence-electron chi connectivity index (χ4n) is 5.39. The van der Waals surface area contributed by atoms with Gasteiger partial charge in [-0.2, -0.15) is 0 Å². The highest BCUT2D eigenvalue weighted by Gasteiger charge is 2.48. The number of anilines is 1. The minimum absolute atomic E-state index is 0.0583. The molecule has 44 heavy (non-hydrogen) atoms. The molecule has 0 bridgehead atoms. The van der Waals surface area contributed by atoms with E-state index in [4.69, 9.17) is 14.2 Å². The van der Waals surface area contributed by atoms with Crippen LogP contribution in [0.1, 0.15) is 22.7 Å². The number of amides is 1. The summed E-state index contributed by atoms with van der Waals surface area (Å²) in [5, 5.41) is 22.8. The first-order valence-corrected chi connectivity index (χ1v) is 15.6. The van der Waals surface area contributed by atoms with Crippen LogP contribution in [-0.4, -0.2) is 47.3 Å². The molecule has 9 nitrogen and oxygen atoms in total. The molecule has 1 N–H and O–H groups in total. The van der Waals surface area contributed by atoms with Crippen molar-refractivity contribution >= 4 is 56.5 Å². The summed E-state index contributed by atoms with van der Waals surface area (Å²) < 4.78 is 17.2. The Morgan fingerprint density at radius 3 is 2.57 bits per heavy atom. The van der Waals surface area contributed by atoms with Crippen LogP contribution in [0.5, 0.6) is 17.2 Å². The number of Topliss-reactive ketones (excluding diaryl/α,β-unsaturated/α-hetero) is 1. The molecule has 1 fully saturated rings. The Morgan fingerprint density at radius 2 is 1.75 bits per heavy atom. The first-order valence-electron chi connectivity index (χ1n) is 13.8. The van der Waals surface area contributed by atoms with Gasteiger partial charge in [-0.25, -0.2) is 0 Å². The SMILES string of the molecule is COc1ccc(C2/C(=C(/O)c3ccc4c(c3)OCCO4)C(=O)C(=O)N2c2nnc(SCc3cccc4ccccc34)s2)cc1. The van der Waals surface area contributed by atoms with Crippen molar-refractivity contribution in [3.8, 4) is 17.2 Å². The molecule has 0 spiro atoms. The summed E-state index contributed by atoms with van der Waals surface area (Å²) in [4.78, 5) is 28.5. The van der Waals surface area contributed by atoms with E-state index in [1.165, 1.54) is 28.0 Å². The van der Waals surface area contributed by atoms with E-state index in [0.29, 0.717) is 51.7 Å². The van der Waals surface area contributed by atoms with Crippen LogP contribution in [0.25, 0.3) is 16.5 Å². The third kappa shape index (κ3) is 5.03. The lowest BCUT2D eigenvalue weighted by Crippen LogP contribution is -2.29. The number of aliphatic hydroxyl groups is 1. The zero-order valence-electron chi connectivity index (χ0n) is 23.4. The summed E-state index contributed by atoms with van der Waals surface area (Å²) in [6.07, 6.45) is 0. The van der Waals surface area contributed by atoms with Gasteiger partial charge in [-0.1, -0.05) is 77.7 Å². The molecule has 5 aromatic rings. The third-order valence-corrected chi connectivity index (χ3v) is 9.63. The van der Waals surface area contributed by atoms with E-state index < -0.39 is 17.7 Å². The van der Waals surface area contributed by atoms with Gasteiger partial charge in [0.25, 0.3) is 5.78 Å². The van der Waals surface area contributed by atoms with E-state index >= 15 is 0 Å². The van der Waals surface area contributed by atoms with E-state index in [9.17, 15) is 14.7 Å². The lowest BCUT2D eigenvalue weighted by molar-refractivity contribution is -0.132. The molecular weight excluding hydrogens is 599 g/mol. The van der Waals surface area contributed by atoms with Gasteiger partial charge in [-0.3, -0.25) is 14.5 Å². The van der Waals surface area contributed by atoms with Gasteiger partial charge in [-0.15, -0.1) is 10.2 Å². The molecule has 4 aromatic carbocycles. The van der Waals surface area contributed by atoms with Crippen molar-refractivity contribution in [2.24, 2.45) is 0 Å². The van der Waals surface area contributed by atoms with Gasteiger partial charge in [0, 0.05) is 11.3 Å². The molecule has 1 saturated heterocycles. The van der Waals surface area contributed by atoms with Crippen LogP contribution < -0.4 is 19.1 Å². The minimum atomic E-state index is -0.946. The zero-order chi connectivity index (χ0) is 30.2. The Morgan fingerprint density at radius 1 is 0.977 bits per heavy atom. The van der Waals surface area contributed by atoms with E-state index in [2.05, 4.69) is 34.5 Å². The van der Waals surface area contributed by atoms with Gasteiger partial charge in [0.05, 0.1) is 18.7 Å². The largest absolute Gasteiger partial charge is 0.507 e. The molecule has 1 atom stereocenters. The van der Waals surface area contributed by atoms with Crippen molar-refractivity contribution < 1.29 is 28.9 Å². The first kappa shape index (κ1) is 27.9. The molecule has 7 rings (SSSR count). The number of hydrogen-bond acceptors (Lipinski definition) is 10. The molecular formula is C33H25N3O6S2. The van der Waals surface area contributed by atoms with Gasteiger partial charge < -0.3 is 19.3 Å². The Hall–Kier alpha value is -4.87. The smallest absolute Gasteiger partial charge is 0.301 e. The van der Waals surface area contributed by atoms with Crippen molar-refractivity contribution in [1.29, 1.82) is 0 Å². The Bertz CT molecular complexity index is 1930. The Labute approximate surface area is 260 Å². The number of rotatable bonds is 7. The molecule has 0 saturated carbocycles. The second-order valence-corrected chi connectivity index (χ2v) is 12.3. The number of ether oxygens (including phenoxy) is 3. The molecule has 2 aliphatic heterocycles. The number of aliphatic hydroxyl groups excluding tert-OH is 1. The number of hydrogen-bond donors (Lipinski definition) is 1. The highest BCUT2D eigenvalue weighted by atomic mass is 32.2. The first-order chi connectivity index (χ1) is 21.5. The van der Waals surface area contributed by atoms with E-state index in [1.807, 2.05) is 18.2 Å². The second-order valence-electron chi connectivity index (χ2n) is 10.1. The lowest BCUT2D eigenvalue weighted by atomic mass is 9.95. The van der Waals surface area contributed by atoms with Crippen molar-refractivity contribution in [1.82, 2.24) is 10.2 Å².